The number of aromatic nitrogens is 2. The maximum absolute atomic E-state index is 5.35. The van der Waals surface area contributed by atoms with Gasteiger partial charge in [0.1, 0.15) is 0 Å². The number of aliphatic imine (C=N–C) groups is 1. The molecular weight excluding hydrogens is 338 g/mol. The smallest absolute Gasteiger partial charge is 0.191 e. The van der Waals surface area contributed by atoms with Crippen LogP contribution in [0.5, 0.6) is 0 Å². The van der Waals surface area contributed by atoms with Gasteiger partial charge >= 0.3 is 0 Å². The number of methoxy groups -OCH3 is 1. The molecule has 2 fully saturated rings. The van der Waals surface area contributed by atoms with Gasteiger partial charge in [-0.05, 0) is 50.5 Å². The van der Waals surface area contributed by atoms with E-state index in [1.165, 1.54) is 51.4 Å². The summed E-state index contributed by atoms with van der Waals surface area (Å²) in [5.41, 5.74) is 1.41. The molecule has 0 aromatic carbocycles. The number of rotatable bonds is 9. The van der Waals surface area contributed by atoms with Gasteiger partial charge in [0.2, 0.25) is 0 Å². The molecule has 1 aromatic rings. The minimum absolute atomic E-state index is 0.357. The summed E-state index contributed by atoms with van der Waals surface area (Å²) in [4.78, 5) is 4.78. The Labute approximate surface area is 164 Å². The topological polar surface area (TPSA) is 63.5 Å². The fourth-order valence-electron chi connectivity index (χ4n) is 4.57. The molecular formula is C21H37N5O. The highest BCUT2D eigenvalue weighted by Crippen LogP contribution is 2.40. The van der Waals surface area contributed by atoms with E-state index in [2.05, 4.69) is 34.5 Å². The average molecular weight is 376 g/mol. The third-order valence-corrected chi connectivity index (χ3v) is 6.24. The molecule has 2 N–H and O–H groups in total. The predicted octanol–water partition coefficient (Wildman–Crippen LogP) is 3.65. The summed E-state index contributed by atoms with van der Waals surface area (Å²) in [5.74, 6) is 0.900. The van der Waals surface area contributed by atoms with Crippen molar-refractivity contribution >= 4 is 5.96 Å². The lowest BCUT2D eigenvalue weighted by molar-refractivity contribution is 0.138. The van der Waals surface area contributed by atoms with Gasteiger partial charge in [-0.1, -0.05) is 25.7 Å². The zero-order chi connectivity index (χ0) is 19.0. The van der Waals surface area contributed by atoms with E-state index in [4.69, 9.17) is 14.8 Å². The molecule has 0 bridgehead atoms. The van der Waals surface area contributed by atoms with Gasteiger partial charge in [0, 0.05) is 33.0 Å². The number of nitrogens with one attached hydrogen (secondary N) is 2. The molecule has 0 saturated heterocycles. The maximum Gasteiger partial charge on any atom is 0.191 e. The van der Waals surface area contributed by atoms with Gasteiger partial charge in [0.15, 0.2) is 5.96 Å². The van der Waals surface area contributed by atoms with Crippen LogP contribution in [0.25, 0.3) is 0 Å². The number of ether oxygens (including phenoxy) is 1. The van der Waals surface area contributed by atoms with E-state index < -0.39 is 0 Å². The summed E-state index contributed by atoms with van der Waals surface area (Å²) in [6, 6.07) is 2.71. The van der Waals surface area contributed by atoms with Gasteiger partial charge in [-0.3, -0.25) is 4.68 Å². The highest BCUT2D eigenvalue weighted by atomic mass is 16.5. The first kappa shape index (κ1) is 20.2. The van der Waals surface area contributed by atoms with E-state index in [0.29, 0.717) is 18.0 Å². The van der Waals surface area contributed by atoms with E-state index in [1.807, 2.05) is 0 Å². The average Bonchev–Trinajstić information content (AvgIpc) is 3.44. The number of hydrogen-bond acceptors (Lipinski definition) is 3. The van der Waals surface area contributed by atoms with E-state index in [1.54, 1.807) is 7.11 Å². The fraction of sp³-hybridized carbons (Fsp3) is 0.810. The summed E-state index contributed by atoms with van der Waals surface area (Å²) in [6.45, 7) is 5.42. The lowest BCUT2D eigenvalue weighted by Crippen LogP contribution is -2.43. The first-order valence-electron chi connectivity index (χ1n) is 10.8. The van der Waals surface area contributed by atoms with Crippen LogP contribution >= 0.6 is 0 Å². The van der Waals surface area contributed by atoms with Gasteiger partial charge in [-0.25, -0.2) is 4.99 Å². The van der Waals surface area contributed by atoms with Crippen LogP contribution in [0, 0.1) is 5.41 Å². The molecule has 3 rings (SSSR count). The van der Waals surface area contributed by atoms with Gasteiger partial charge < -0.3 is 15.4 Å². The van der Waals surface area contributed by atoms with Crippen molar-refractivity contribution in [2.24, 2.45) is 10.4 Å². The van der Waals surface area contributed by atoms with Crippen molar-refractivity contribution in [3.63, 3.8) is 0 Å². The number of guanidine groups is 1. The van der Waals surface area contributed by atoms with E-state index in [-0.39, 0.29) is 0 Å². The lowest BCUT2D eigenvalue weighted by Gasteiger charge is -2.30. The molecule has 0 aliphatic heterocycles. The fourth-order valence-corrected chi connectivity index (χ4v) is 4.57. The predicted molar refractivity (Wildman–Crippen MR) is 110 cm³/mol. The Morgan fingerprint density at radius 1 is 1.26 bits per heavy atom. The van der Waals surface area contributed by atoms with Gasteiger partial charge in [0.05, 0.1) is 18.3 Å². The minimum Gasteiger partial charge on any atom is -0.385 e. The number of hydrogen-bond donors (Lipinski definition) is 2. The Morgan fingerprint density at radius 3 is 2.74 bits per heavy atom. The summed E-state index contributed by atoms with van der Waals surface area (Å²) in [5, 5.41) is 11.7. The second-order valence-electron chi connectivity index (χ2n) is 8.22. The Balaban J connectivity index is 1.55. The van der Waals surface area contributed by atoms with Crippen LogP contribution in [-0.4, -0.2) is 42.5 Å². The lowest BCUT2D eigenvalue weighted by atomic mass is 9.83. The molecule has 0 radical (unpaired) electrons. The van der Waals surface area contributed by atoms with Crippen LogP contribution in [0.3, 0.4) is 0 Å². The zero-order valence-electron chi connectivity index (χ0n) is 17.2. The summed E-state index contributed by atoms with van der Waals surface area (Å²) < 4.78 is 7.50. The SMILES string of the molecule is CCNC(=NCc1ccn(C2CCCC2)n1)NCC1(CCOC)CCCC1. The van der Waals surface area contributed by atoms with Crippen LogP contribution in [-0.2, 0) is 11.3 Å². The molecule has 6 nitrogen and oxygen atoms in total. The molecule has 27 heavy (non-hydrogen) atoms. The molecule has 0 amide bonds. The Morgan fingerprint density at radius 2 is 2.04 bits per heavy atom. The van der Waals surface area contributed by atoms with Crippen LogP contribution in [0.4, 0.5) is 0 Å². The van der Waals surface area contributed by atoms with Crippen molar-refractivity contribution < 1.29 is 4.74 Å². The third-order valence-electron chi connectivity index (χ3n) is 6.24. The van der Waals surface area contributed by atoms with Crippen molar-refractivity contribution in [2.45, 2.75) is 77.3 Å². The molecule has 0 atom stereocenters. The molecule has 0 spiro atoms. The van der Waals surface area contributed by atoms with Crippen molar-refractivity contribution in [3.05, 3.63) is 18.0 Å². The molecule has 1 heterocycles. The molecule has 2 aliphatic carbocycles. The maximum atomic E-state index is 5.35. The van der Waals surface area contributed by atoms with E-state index in [9.17, 15) is 0 Å². The van der Waals surface area contributed by atoms with Crippen molar-refractivity contribution in [1.82, 2.24) is 20.4 Å². The highest BCUT2D eigenvalue weighted by molar-refractivity contribution is 5.79. The normalized spacial score (nSPS) is 20.3. The van der Waals surface area contributed by atoms with Gasteiger partial charge in [0.25, 0.3) is 0 Å². The molecule has 2 aliphatic rings. The van der Waals surface area contributed by atoms with Crippen LogP contribution < -0.4 is 10.6 Å². The zero-order valence-corrected chi connectivity index (χ0v) is 17.2. The first-order valence-corrected chi connectivity index (χ1v) is 10.8. The van der Waals surface area contributed by atoms with Crippen LogP contribution in [0.2, 0.25) is 0 Å². The second-order valence-corrected chi connectivity index (χ2v) is 8.22. The minimum atomic E-state index is 0.357. The largest absolute Gasteiger partial charge is 0.385 e. The van der Waals surface area contributed by atoms with Crippen molar-refractivity contribution in [1.29, 1.82) is 0 Å². The van der Waals surface area contributed by atoms with Crippen molar-refractivity contribution in [3.8, 4) is 0 Å². The number of nitrogens with zero attached hydrogens (tertiary/aromatic N) is 3. The third kappa shape index (κ3) is 5.71. The summed E-state index contributed by atoms with van der Waals surface area (Å²) in [6.07, 6.45) is 13.7. The molecule has 1 aromatic heterocycles. The van der Waals surface area contributed by atoms with E-state index in [0.717, 1.165) is 37.8 Å². The van der Waals surface area contributed by atoms with Gasteiger partial charge in [-0.15, -0.1) is 0 Å². The Bertz CT molecular complexity index is 585. The molecule has 152 valence electrons. The molecule has 6 heteroatoms. The molecule has 0 unspecified atom stereocenters. The second kappa shape index (κ2) is 10.1. The highest BCUT2D eigenvalue weighted by Gasteiger charge is 2.33. The quantitative estimate of drug-likeness (QED) is 0.511. The van der Waals surface area contributed by atoms with Gasteiger partial charge in [-0.2, -0.15) is 5.10 Å². The Kier molecular flexibility index (Phi) is 7.56. The monoisotopic (exact) mass is 375 g/mol. The van der Waals surface area contributed by atoms with E-state index >= 15 is 0 Å². The summed E-state index contributed by atoms with van der Waals surface area (Å²) >= 11 is 0. The first-order chi connectivity index (χ1) is 13.2. The van der Waals surface area contributed by atoms with Crippen LogP contribution in [0.15, 0.2) is 17.3 Å². The standard InChI is InChI=1S/C21H37N5O/c1-3-22-20(24-17-21(13-15-27-2)11-6-7-12-21)23-16-18-10-14-26(25-18)19-8-4-5-9-19/h10,14,19H,3-9,11-13,15-17H2,1-2H3,(H2,22,23,24). The Hall–Kier alpha value is -1.56. The van der Waals surface area contributed by atoms with Crippen molar-refractivity contribution in [2.75, 3.05) is 26.8 Å². The van der Waals surface area contributed by atoms with Crippen LogP contribution in [0.1, 0.15) is 76.4 Å². The molecule has 2 saturated carbocycles. The summed E-state index contributed by atoms with van der Waals surface area (Å²) in [7, 11) is 1.80.